The Morgan fingerprint density at radius 1 is 1.28 bits per heavy atom. The predicted molar refractivity (Wildman–Crippen MR) is 62.6 cm³/mol. The van der Waals surface area contributed by atoms with Crippen molar-refractivity contribution in [2.45, 2.75) is 6.92 Å². The molecule has 5 heteroatoms. The molecule has 0 aromatic heterocycles. The van der Waals surface area contributed by atoms with Crippen LogP contribution in [0.1, 0.15) is 17.3 Å². The summed E-state index contributed by atoms with van der Waals surface area (Å²) in [7, 11) is 0. The number of carboxylic acids is 1. The van der Waals surface area contributed by atoms with E-state index in [4.69, 9.17) is 5.11 Å². The predicted octanol–water partition coefficient (Wildman–Crippen LogP) is 1.62. The number of rotatable bonds is 2. The Balaban J connectivity index is 2.12. The van der Waals surface area contributed by atoms with Gasteiger partial charge in [0.1, 0.15) is 5.82 Å². The summed E-state index contributed by atoms with van der Waals surface area (Å²) >= 11 is 0. The van der Waals surface area contributed by atoms with Gasteiger partial charge in [-0.2, -0.15) is 0 Å². The summed E-state index contributed by atoms with van der Waals surface area (Å²) in [6.07, 6.45) is 0. The molecule has 1 aromatic rings. The maximum absolute atomic E-state index is 12.8. The monoisotopic (exact) mass is 251 g/mol. The third-order valence-electron chi connectivity index (χ3n) is 3.31. The van der Waals surface area contributed by atoms with Crippen LogP contribution in [-0.2, 0) is 4.79 Å². The second kappa shape index (κ2) is 4.76. The van der Waals surface area contributed by atoms with Gasteiger partial charge >= 0.3 is 5.97 Å². The van der Waals surface area contributed by atoms with E-state index in [-0.39, 0.29) is 18.4 Å². The second-order valence-corrected chi connectivity index (χ2v) is 4.64. The van der Waals surface area contributed by atoms with Gasteiger partial charge in [-0.3, -0.25) is 9.59 Å². The van der Waals surface area contributed by atoms with Crippen molar-refractivity contribution in [3.05, 3.63) is 35.6 Å². The summed E-state index contributed by atoms with van der Waals surface area (Å²) in [5, 5.41) is 9.00. The summed E-state index contributed by atoms with van der Waals surface area (Å²) in [6, 6.07) is 5.27. The average Bonchev–Trinajstić information content (AvgIpc) is 2.71. The highest BCUT2D eigenvalue weighted by atomic mass is 19.1. The van der Waals surface area contributed by atoms with E-state index >= 15 is 0 Å². The lowest BCUT2D eigenvalue weighted by molar-refractivity contribution is -0.142. The minimum absolute atomic E-state index is 0.0631. The van der Waals surface area contributed by atoms with Crippen LogP contribution in [0.4, 0.5) is 4.39 Å². The molecular weight excluding hydrogens is 237 g/mol. The number of carbonyl (C=O) groups excluding carboxylic acids is 1. The maximum Gasteiger partial charge on any atom is 0.308 e. The summed E-state index contributed by atoms with van der Waals surface area (Å²) < 4.78 is 12.8. The number of hydrogen-bond acceptors (Lipinski definition) is 2. The molecule has 0 saturated carbocycles. The lowest BCUT2D eigenvalue weighted by atomic mass is 9.99. The molecule has 0 spiro atoms. The summed E-state index contributed by atoms with van der Waals surface area (Å²) in [5.41, 5.74) is 0.384. The highest BCUT2D eigenvalue weighted by Crippen LogP contribution is 2.24. The Hall–Kier alpha value is -1.91. The highest BCUT2D eigenvalue weighted by Gasteiger charge is 2.37. The standard InChI is InChI=1S/C13H14FNO3/c1-8-6-15(7-11(8)13(17)18)12(16)9-2-4-10(14)5-3-9/h2-5,8,11H,6-7H2,1H3,(H,17,18)/t8-,11-/m1/s1. The molecule has 1 N–H and O–H groups in total. The SMILES string of the molecule is C[C@@H]1CN(C(=O)c2ccc(F)cc2)C[C@H]1C(=O)O. The van der Waals surface area contributed by atoms with Crippen LogP contribution in [0.15, 0.2) is 24.3 Å². The van der Waals surface area contributed by atoms with Gasteiger partial charge in [0.05, 0.1) is 5.92 Å². The lowest BCUT2D eigenvalue weighted by Gasteiger charge is -2.15. The van der Waals surface area contributed by atoms with Crippen molar-refractivity contribution < 1.29 is 19.1 Å². The molecule has 1 aliphatic heterocycles. The number of carboxylic acid groups (broad SMARTS) is 1. The molecule has 2 rings (SSSR count). The zero-order valence-corrected chi connectivity index (χ0v) is 9.97. The molecule has 1 saturated heterocycles. The first-order valence-corrected chi connectivity index (χ1v) is 5.76. The Morgan fingerprint density at radius 3 is 2.39 bits per heavy atom. The number of aliphatic carboxylic acids is 1. The zero-order chi connectivity index (χ0) is 13.3. The van der Waals surface area contributed by atoms with E-state index in [0.717, 1.165) is 0 Å². The van der Waals surface area contributed by atoms with E-state index in [2.05, 4.69) is 0 Å². The van der Waals surface area contributed by atoms with Crippen molar-refractivity contribution in [2.75, 3.05) is 13.1 Å². The van der Waals surface area contributed by atoms with Gasteiger partial charge in [0.25, 0.3) is 5.91 Å². The first-order valence-electron chi connectivity index (χ1n) is 5.76. The summed E-state index contributed by atoms with van der Waals surface area (Å²) in [6.45, 7) is 2.45. The van der Waals surface area contributed by atoms with Crippen LogP contribution in [0.5, 0.6) is 0 Å². The zero-order valence-electron chi connectivity index (χ0n) is 9.97. The van der Waals surface area contributed by atoms with Gasteiger partial charge in [0.2, 0.25) is 0 Å². The topological polar surface area (TPSA) is 57.6 Å². The largest absolute Gasteiger partial charge is 0.481 e. The van der Waals surface area contributed by atoms with Gasteiger partial charge in [0.15, 0.2) is 0 Å². The van der Waals surface area contributed by atoms with E-state index in [1.165, 1.54) is 29.2 Å². The minimum Gasteiger partial charge on any atom is -0.481 e. The second-order valence-electron chi connectivity index (χ2n) is 4.64. The minimum atomic E-state index is -0.878. The Kier molecular flexibility index (Phi) is 3.32. The number of carbonyl (C=O) groups is 2. The van der Waals surface area contributed by atoms with Crippen molar-refractivity contribution >= 4 is 11.9 Å². The molecule has 0 unspecified atom stereocenters. The number of hydrogen-bond donors (Lipinski definition) is 1. The first-order chi connectivity index (χ1) is 8.49. The Labute approximate surface area is 104 Å². The fraction of sp³-hybridized carbons (Fsp3) is 0.385. The van der Waals surface area contributed by atoms with E-state index in [9.17, 15) is 14.0 Å². The van der Waals surface area contributed by atoms with Crippen molar-refractivity contribution in [3.8, 4) is 0 Å². The molecule has 0 bridgehead atoms. The fourth-order valence-electron chi connectivity index (χ4n) is 2.23. The molecule has 96 valence electrons. The number of amides is 1. The van der Waals surface area contributed by atoms with Crippen molar-refractivity contribution in [1.29, 1.82) is 0 Å². The van der Waals surface area contributed by atoms with E-state index in [0.29, 0.717) is 12.1 Å². The van der Waals surface area contributed by atoms with Gasteiger partial charge in [-0.25, -0.2) is 4.39 Å². The Morgan fingerprint density at radius 2 is 1.89 bits per heavy atom. The van der Waals surface area contributed by atoms with Crippen LogP contribution in [-0.4, -0.2) is 35.0 Å². The molecule has 1 amide bonds. The smallest absolute Gasteiger partial charge is 0.308 e. The van der Waals surface area contributed by atoms with Crippen LogP contribution in [0.2, 0.25) is 0 Å². The van der Waals surface area contributed by atoms with Crippen molar-refractivity contribution in [3.63, 3.8) is 0 Å². The number of likely N-dealkylation sites (tertiary alicyclic amines) is 1. The van der Waals surface area contributed by atoms with Crippen LogP contribution < -0.4 is 0 Å². The number of halogens is 1. The molecule has 0 radical (unpaired) electrons. The fourth-order valence-corrected chi connectivity index (χ4v) is 2.23. The molecule has 2 atom stereocenters. The van der Waals surface area contributed by atoms with Crippen LogP contribution >= 0.6 is 0 Å². The number of nitrogens with zero attached hydrogens (tertiary/aromatic N) is 1. The van der Waals surface area contributed by atoms with Gasteiger partial charge in [0, 0.05) is 18.7 Å². The molecule has 0 aliphatic carbocycles. The van der Waals surface area contributed by atoms with Gasteiger partial charge < -0.3 is 10.0 Å². The highest BCUT2D eigenvalue weighted by molar-refractivity contribution is 5.94. The van der Waals surface area contributed by atoms with Crippen LogP contribution in [0, 0.1) is 17.7 Å². The van der Waals surface area contributed by atoms with Crippen LogP contribution in [0.25, 0.3) is 0 Å². The van der Waals surface area contributed by atoms with Gasteiger partial charge in [-0.05, 0) is 30.2 Å². The maximum atomic E-state index is 12.8. The normalized spacial score (nSPS) is 23.1. The van der Waals surface area contributed by atoms with E-state index in [1.54, 1.807) is 0 Å². The van der Waals surface area contributed by atoms with Crippen LogP contribution in [0.3, 0.4) is 0 Å². The molecule has 1 aromatic carbocycles. The third kappa shape index (κ3) is 2.34. The molecular formula is C13H14FNO3. The quantitative estimate of drug-likeness (QED) is 0.868. The Bertz CT molecular complexity index is 472. The third-order valence-corrected chi connectivity index (χ3v) is 3.31. The lowest BCUT2D eigenvalue weighted by Crippen LogP contribution is -2.29. The average molecular weight is 251 g/mol. The van der Waals surface area contributed by atoms with Gasteiger partial charge in [-0.1, -0.05) is 6.92 Å². The van der Waals surface area contributed by atoms with E-state index in [1.807, 2.05) is 6.92 Å². The van der Waals surface area contributed by atoms with E-state index < -0.39 is 17.7 Å². The van der Waals surface area contributed by atoms with Crippen molar-refractivity contribution in [2.24, 2.45) is 11.8 Å². The van der Waals surface area contributed by atoms with Gasteiger partial charge in [-0.15, -0.1) is 0 Å². The summed E-state index contributed by atoms with van der Waals surface area (Å²) in [4.78, 5) is 24.6. The first kappa shape index (κ1) is 12.5. The number of benzene rings is 1. The molecule has 1 aliphatic rings. The molecule has 1 fully saturated rings. The molecule has 18 heavy (non-hydrogen) atoms. The molecule has 1 heterocycles. The molecule has 4 nitrogen and oxygen atoms in total. The van der Waals surface area contributed by atoms with Crippen molar-refractivity contribution in [1.82, 2.24) is 4.90 Å². The summed E-state index contributed by atoms with van der Waals surface area (Å²) in [5.74, 6) is -2.10.